The second kappa shape index (κ2) is 5.15. The Morgan fingerprint density at radius 1 is 1.50 bits per heavy atom. The van der Waals surface area contributed by atoms with Crippen LogP contribution in [0.2, 0.25) is 0 Å². The Bertz CT molecular complexity index is 97.4. The average Bonchev–Trinajstić information content (AvgIpc) is 1.82. The molecule has 0 saturated carbocycles. The molecule has 0 saturated heterocycles. The van der Waals surface area contributed by atoms with Gasteiger partial charge in [0.25, 0.3) is 0 Å². The summed E-state index contributed by atoms with van der Waals surface area (Å²) < 4.78 is 0. The highest BCUT2D eigenvalue weighted by Crippen LogP contribution is 1.83. The van der Waals surface area contributed by atoms with Crippen molar-refractivity contribution < 1.29 is 0 Å². The van der Waals surface area contributed by atoms with Crippen LogP contribution in [0.15, 0.2) is 12.4 Å². The molecule has 0 radical (unpaired) electrons. The molecule has 0 spiro atoms. The molecule has 2 N–H and O–H groups in total. The highest BCUT2D eigenvalue weighted by atomic mass is 15.1. The van der Waals surface area contributed by atoms with E-state index in [0.717, 1.165) is 18.8 Å². The summed E-state index contributed by atoms with van der Waals surface area (Å²) >= 11 is 0. The van der Waals surface area contributed by atoms with Crippen LogP contribution in [0.3, 0.4) is 0 Å². The smallest absolute Gasteiger partial charge is 0.0914 e. The first-order valence-electron chi connectivity index (χ1n) is 3.86. The summed E-state index contributed by atoms with van der Waals surface area (Å²) in [5.74, 6) is 0.928. The van der Waals surface area contributed by atoms with Crippen LogP contribution in [-0.4, -0.2) is 12.6 Å². The summed E-state index contributed by atoms with van der Waals surface area (Å²) in [6.45, 7) is 11.1. The predicted molar refractivity (Wildman–Crippen MR) is 45.7 cm³/mol. The molecule has 0 atom stereocenters. The van der Waals surface area contributed by atoms with E-state index in [2.05, 4.69) is 38.0 Å². The Labute approximate surface area is 63.7 Å². The van der Waals surface area contributed by atoms with Gasteiger partial charge in [0, 0.05) is 12.6 Å². The van der Waals surface area contributed by atoms with Gasteiger partial charge in [0.05, 0.1) is 5.82 Å². The Kier molecular flexibility index (Phi) is 4.81. The standard InChI is InChI=1S/C8H18N2/c1-5-6-9-8(4)10-7(2)3/h7,9-10H,4-6H2,1-3H3. The zero-order valence-electron chi connectivity index (χ0n) is 7.20. The summed E-state index contributed by atoms with van der Waals surface area (Å²) in [4.78, 5) is 0. The number of nitrogens with one attached hydrogen (secondary N) is 2. The molecule has 2 heteroatoms. The maximum atomic E-state index is 3.81. The van der Waals surface area contributed by atoms with Gasteiger partial charge in [0.1, 0.15) is 0 Å². The maximum absolute atomic E-state index is 3.81. The average molecular weight is 142 g/mol. The molecule has 0 bridgehead atoms. The third-order valence-electron chi connectivity index (χ3n) is 1.05. The molecule has 0 aliphatic rings. The van der Waals surface area contributed by atoms with E-state index in [1.807, 2.05) is 0 Å². The van der Waals surface area contributed by atoms with E-state index >= 15 is 0 Å². The van der Waals surface area contributed by atoms with Gasteiger partial charge < -0.3 is 10.6 Å². The first-order valence-corrected chi connectivity index (χ1v) is 3.86. The lowest BCUT2D eigenvalue weighted by molar-refractivity contribution is 0.607. The van der Waals surface area contributed by atoms with Gasteiger partial charge in [0.2, 0.25) is 0 Å². The fourth-order valence-corrected chi connectivity index (χ4v) is 0.675. The van der Waals surface area contributed by atoms with Crippen molar-refractivity contribution in [1.82, 2.24) is 10.6 Å². The van der Waals surface area contributed by atoms with Gasteiger partial charge >= 0.3 is 0 Å². The third-order valence-corrected chi connectivity index (χ3v) is 1.05. The van der Waals surface area contributed by atoms with Crippen molar-refractivity contribution >= 4 is 0 Å². The van der Waals surface area contributed by atoms with Gasteiger partial charge in [-0.2, -0.15) is 0 Å². The molecule has 0 amide bonds. The minimum atomic E-state index is 0.469. The van der Waals surface area contributed by atoms with E-state index in [9.17, 15) is 0 Å². The molecule has 0 heterocycles. The maximum Gasteiger partial charge on any atom is 0.0914 e. The second-order valence-corrected chi connectivity index (χ2v) is 2.70. The van der Waals surface area contributed by atoms with E-state index in [1.54, 1.807) is 0 Å². The van der Waals surface area contributed by atoms with Gasteiger partial charge in [-0.1, -0.05) is 13.5 Å². The van der Waals surface area contributed by atoms with E-state index in [-0.39, 0.29) is 0 Å². The number of hydrogen-bond donors (Lipinski definition) is 2. The molecule has 0 fully saturated rings. The fourth-order valence-electron chi connectivity index (χ4n) is 0.675. The van der Waals surface area contributed by atoms with Gasteiger partial charge in [-0.05, 0) is 20.3 Å². The summed E-state index contributed by atoms with van der Waals surface area (Å²) in [5, 5.41) is 6.33. The molecule has 0 unspecified atom stereocenters. The molecule has 60 valence electrons. The van der Waals surface area contributed by atoms with Crippen LogP contribution in [0, 0.1) is 0 Å². The van der Waals surface area contributed by atoms with Crippen molar-refractivity contribution in [1.29, 1.82) is 0 Å². The molecule has 0 aromatic heterocycles. The molecular formula is C8H18N2. The van der Waals surface area contributed by atoms with Crippen LogP contribution >= 0.6 is 0 Å². The number of hydrogen-bond acceptors (Lipinski definition) is 2. The first-order chi connectivity index (χ1) is 4.66. The topological polar surface area (TPSA) is 24.1 Å². The van der Waals surface area contributed by atoms with Gasteiger partial charge in [-0.25, -0.2) is 0 Å². The Morgan fingerprint density at radius 2 is 2.10 bits per heavy atom. The highest BCUT2D eigenvalue weighted by Gasteiger charge is 1.92. The third kappa shape index (κ3) is 5.48. The molecule has 0 aliphatic carbocycles. The Hall–Kier alpha value is -0.660. The van der Waals surface area contributed by atoms with Crippen LogP contribution in [0.1, 0.15) is 27.2 Å². The lowest BCUT2D eigenvalue weighted by Crippen LogP contribution is -2.30. The molecule has 0 rings (SSSR count). The van der Waals surface area contributed by atoms with Crippen LogP contribution in [0.5, 0.6) is 0 Å². The summed E-state index contributed by atoms with van der Waals surface area (Å²) in [6, 6.07) is 0.469. The van der Waals surface area contributed by atoms with E-state index in [0.29, 0.717) is 6.04 Å². The van der Waals surface area contributed by atoms with Gasteiger partial charge in [-0.15, -0.1) is 0 Å². The fraction of sp³-hybridized carbons (Fsp3) is 0.750. The summed E-state index contributed by atoms with van der Waals surface area (Å²) in [6.07, 6.45) is 1.14. The van der Waals surface area contributed by atoms with Crippen LogP contribution in [0.25, 0.3) is 0 Å². The van der Waals surface area contributed by atoms with E-state index < -0.39 is 0 Å². The molecule has 0 aliphatic heterocycles. The van der Waals surface area contributed by atoms with Crippen LogP contribution in [-0.2, 0) is 0 Å². The minimum Gasteiger partial charge on any atom is -0.372 e. The van der Waals surface area contributed by atoms with Crippen LogP contribution in [0.4, 0.5) is 0 Å². The molecule has 0 aromatic carbocycles. The predicted octanol–water partition coefficient (Wildman–Crippen LogP) is 1.46. The van der Waals surface area contributed by atoms with Crippen molar-refractivity contribution in [3.05, 3.63) is 12.4 Å². The molecule has 2 nitrogen and oxygen atoms in total. The largest absolute Gasteiger partial charge is 0.372 e. The quantitative estimate of drug-likeness (QED) is 0.607. The van der Waals surface area contributed by atoms with Crippen molar-refractivity contribution in [3.8, 4) is 0 Å². The van der Waals surface area contributed by atoms with Gasteiger partial charge in [0.15, 0.2) is 0 Å². The van der Waals surface area contributed by atoms with Crippen molar-refractivity contribution in [2.24, 2.45) is 0 Å². The van der Waals surface area contributed by atoms with Crippen LogP contribution < -0.4 is 10.6 Å². The van der Waals surface area contributed by atoms with E-state index in [1.165, 1.54) is 0 Å². The van der Waals surface area contributed by atoms with Crippen molar-refractivity contribution in [2.45, 2.75) is 33.2 Å². The lowest BCUT2D eigenvalue weighted by Gasteiger charge is -2.13. The molecule has 0 aromatic rings. The summed E-state index contributed by atoms with van der Waals surface area (Å²) in [7, 11) is 0. The lowest BCUT2D eigenvalue weighted by atomic mass is 10.4. The normalized spacial score (nSPS) is 9.60. The minimum absolute atomic E-state index is 0.469. The monoisotopic (exact) mass is 142 g/mol. The zero-order valence-corrected chi connectivity index (χ0v) is 7.20. The second-order valence-electron chi connectivity index (χ2n) is 2.70. The molecular weight excluding hydrogens is 124 g/mol. The Balaban J connectivity index is 3.26. The van der Waals surface area contributed by atoms with E-state index in [4.69, 9.17) is 0 Å². The number of rotatable bonds is 5. The Morgan fingerprint density at radius 3 is 2.50 bits per heavy atom. The van der Waals surface area contributed by atoms with Gasteiger partial charge in [-0.3, -0.25) is 0 Å². The van der Waals surface area contributed by atoms with Crippen molar-refractivity contribution in [3.63, 3.8) is 0 Å². The van der Waals surface area contributed by atoms with Crippen molar-refractivity contribution in [2.75, 3.05) is 6.54 Å². The highest BCUT2D eigenvalue weighted by molar-refractivity contribution is 4.88. The first kappa shape index (κ1) is 9.34. The SMILES string of the molecule is C=C(NCCC)NC(C)C. The molecule has 10 heavy (non-hydrogen) atoms. The zero-order chi connectivity index (χ0) is 7.98. The summed E-state index contributed by atoms with van der Waals surface area (Å²) in [5.41, 5.74) is 0.